The molecule has 2 amide bonds. The molecule has 2 heterocycles. The van der Waals surface area contributed by atoms with Crippen LogP contribution < -0.4 is 16.6 Å². The van der Waals surface area contributed by atoms with Crippen LogP contribution in [0.4, 0.5) is 4.79 Å². The Morgan fingerprint density at radius 3 is 2.51 bits per heavy atom. The van der Waals surface area contributed by atoms with Gasteiger partial charge in [-0.05, 0) is 92.1 Å². The minimum Gasteiger partial charge on any atom is -0.324 e. The lowest BCUT2D eigenvalue weighted by Gasteiger charge is -2.17. The number of hydrogen-bond acceptors (Lipinski definition) is 4. The van der Waals surface area contributed by atoms with E-state index >= 15 is 0 Å². The molecular formula is C30H30N6O2S. The van der Waals surface area contributed by atoms with E-state index in [9.17, 15) is 9.59 Å². The van der Waals surface area contributed by atoms with Crippen molar-refractivity contribution in [3.63, 3.8) is 0 Å². The number of amides is 2. The third-order valence-electron chi connectivity index (χ3n) is 6.48. The lowest BCUT2D eigenvalue weighted by atomic mass is 10.0. The summed E-state index contributed by atoms with van der Waals surface area (Å²) in [6.45, 7) is 6.04. The number of allylic oxidation sites excluding steroid dienone is 4. The lowest BCUT2D eigenvalue weighted by Crippen LogP contribution is -2.42. The van der Waals surface area contributed by atoms with Gasteiger partial charge in [-0.15, -0.1) is 0 Å². The van der Waals surface area contributed by atoms with E-state index in [4.69, 9.17) is 4.98 Å². The first-order valence-corrected chi connectivity index (χ1v) is 13.9. The second kappa shape index (κ2) is 11.2. The van der Waals surface area contributed by atoms with Crippen LogP contribution in [0.2, 0.25) is 0 Å². The van der Waals surface area contributed by atoms with Crippen LogP contribution in [0.1, 0.15) is 24.5 Å². The zero-order chi connectivity index (χ0) is 27.5. The SMILES string of the molecule is CSc1nc(=NC(=O)NC2=CC=CC(C)C2)n(-c2cccc(C)c2)c(=O)n1-c1ccc(-n2cccc2)c(C)c1. The van der Waals surface area contributed by atoms with Gasteiger partial charge in [0.25, 0.3) is 0 Å². The molecule has 9 heteroatoms. The Labute approximate surface area is 231 Å². The number of urea groups is 1. The third kappa shape index (κ3) is 5.58. The van der Waals surface area contributed by atoms with Gasteiger partial charge in [0.05, 0.1) is 11.4 Å². The van der Waals surface area contributed by atoms with Crippen molar-refractivity contribution in [3.8, 4) is 17.1 Å². The van der Waals surface area contributed by atoms with E-state index in [-0.39, 0.29) is 11.3 Å². The summed E-state index contributed by atoms with van der Waals surface area (Å²) < 4.78 is 4.98. The molecule has 0 fully saturated rings. The largest absolute Gasteiger partial charge is 0.348 e. The van der Waals surface area contributed by atoms with E-state index in [0.29, 0.717) is 28.9 Å². The monoisotopic (exact) mass is 538 g/mol. The Hall–Kier alpha value is -4.37. The first-order valence-electron chi connectivity index (χ1n) is 12.7. The van der Waals surface area contributed by atoms with Gasteiger partial charge in [0.15, 0.2) is 5.16 Å². The van der Waals surface area contributed by atoms with E-state index in [1.807, 2.05) is 104 Å². The van der Waals surface area contributed by atoms with E-state index in [2.05, 4.69) is 23.3 Å². The number of nitrogens with one attached hydrogen (secondary N) is 1. The van der Waals surface area contributed by atoms with E-state index in [1.54, 1.807) is 4.57 Å². The minimum absolute atomic E-state index is 0.0179. The fourth-order valence-corrected chi connectivity index (χ4v) is 5.17. The predicted octanol–water partition coefficient (Wildman–Crippen LogP) is 5.24. The zero-order valence-electron chi connectivity index (χ0n) is 22.3. The first-order chi connectivity index (χ1) is 18.8. The van der Waals surface area contributed by atoms with Gasteiger partial charge < -0.3 is 9.88 Å². The molecule has 1 unspecified atom stereocenters. The molecule has 1 aliphatic carbocycles. The minimum atomic E-state index is -0.575. The number of nitrogens with zero attached hydrogens (tertiary/aromatic N) is 5. The summed E-state index contributed by atoms with van der Waals surface area (Å²) in [5.74, 6) is 0.319. The van der Waals surface area contributed by atoms with Crippen molar-refractivity contribution in [3.05, 3.63) is 118 Å². The maximum atomic E-state index is 14.2. The number of carbonyl (C=O) groups excluding carboxylic acids is 1. The van der Waals surface area contributed by atoms with Gasteiger partial charge in [0.1, 0.15) is 0 Å². The maximum absolute atomic E-state index is 14.2. The van der Waals surface area contributed by atoms with Crippen LogP contribution in [0.15, 0.2) is 106 Å². The van der Waals surface area contributed by atoms with Crippen molar-refractivity contribution in [2.75, 3.05) is 6.26 Å². The van der Waals surface area contributed by atoms with Crippen LogP contribution in [-0.2, 0) is 0 Å². The van der Waals surface area contributed by atoms with Crippen LogP contribution in [-0.4, -0.2) is 31.0 Å². The standard InChI is InChI=1S/C30H30N6O2S/c1-20-9-7-11-23(17-20)31-28(37)32-27-33-29(39-4)36(30(38)35(27)24-12-8-10-21(2)18-24)25-13-14-26(22(3)19-25)34-15-5-6-16-34/h5-16,18-20H,17H2,1-4H3,(H,31,37). The molecule has 1 atom stereocenters. The number of hydrogen-bond donors (Lipinski definition) is 1. The van der Waals surface area contributed by atoms with Gasteiger partial charge in [-0.3, -0.25) is 0 Å². The number of rotatable bonds is 5. The molecule has 2 aromatic heterocycles. The Balaban J connectivity index is 1.67. The number of benzene rings is 2. The highest BCUT2D eigenvalue weighted by Crippen LogP contribution is 2.21. The quantitative estimate of drug-likeness (QED) is 0.352. The summed E-state index contributed by atoms with van der Waals surface area (Å²) in [4.78, 5) is 36.1. The van der Waals surface area contributed by atoms with Gasteiger partial charge in [-0.25, -0.2) is 18.7 Å². The Morgan fingerprint density at radius 2 is 1.82 bits per heavy atom. The molecule has 198 valence electrons. The summed E-state index contributed by atoms with van der Waals surface area (Å²) in [6.07, 6.45) is 12.4. The average Bonchev–Trinajstić information content (AvgIpc) is 3.43. The maximum Gasteiger partial charge on any atom is 0.348 e. The summed E-state index contributed by atoms with van der Waals surface area (Å²) >= 11 is 1.32. The Morgan fingerprint density at radius 1 is 1.05 bits per heavy atom. The second-order valence-corrected chi connectivity index (χ2v) is 10.3. The van der Waals surface area contributed by atoms with Crippen LogP contribution in [0.25, 0.3) is 17.1 Å². The van der Waals surface area contributed by atoms with Gasteiger partial charge in [0.2, 0.25) is 5.62 Å². The summed E-state index contributed by atoms with van der Waals surface area (Å²) in [5.41, 5.74) is 4.67. The van der Waals surface area contributed by atoms with Crippen LogP contribution in [0.3, 0.4) is 0 Å². The first kappa shape index (κ1) is 26.2. The summed E-state index contributed by atoms with van der Waals surface area (Å²) in [5, 5.41) is 3.28. The molecule has 0 aliphatic heterocycles. The highest BCUT2D eigenvalue weighted by molar-refractivity contribution is 7.98. The number of thioether (sulfide) groups is 1. The smallest absolute Gasteiger partial charge is 0.324 e. The molecule has 0 saturated heterocycles. The van der Waals surface area contributed by atoms with E-state index in [0.717, 1.165) is 22.5 Å². The van der Waals surface area contributed by atoms with Crippen LogP contribution >= 0.6 is 11.8 Å². The lowest BCUT2D eigenvalue weighted by molar-refractivity contribution is 0.250. The molecule has 1 N–H and O–H groups in total. The molecule has 0 bridgehead atoms. The van der Waals surface area contributed by atoms with Crippen molar-refractivity contribution in [1.82, 2.24) is 24.0 Å². The van der Waals surface area contributed by atoms with Gasteiger partial charge in [-0.1, -0.05) is 43.0 Å². The number of aromatic nitrogens is 4. The second-order valence-electron chi connectivity index (χ2n) is 9.55. The molecule has 0 saturated carbocycles. The third-order valence-corrected chi connectivity index (χ3v) is 7.12. The van der Waals surface area contributed by atoms with Crippen molar-refractivity contribution < 1.29 is 4.79 Å². The van der Waals surface area contributed by atoms with Crippen molar-refractivity contribution in [2.24, 2.45) is 10.9 Å². The molecular weight excluding hydrogens is 508 g/mol. The zero-order valence-corrected chi connectivity index (χ0v) is 23.1. The predicted molar refractivity (Wildman–Crippen MR) is 155 cm³/mol. The van der Waals surface area contributed by atoms with E-state index < -0.39 is 6.03 Å². The number of carbonyl (C=O) groups is 1. The molecule has 39 heavy (non-hydrogen) atoms. The highest BCUT2D eigenvalue weighted by Gasteiger charge is 2.17. The van der Waals surface area contributed by atoms with Crippen molar-refractivity contribution >= 4 is 17.8 Å². The average molecular weight is 539 g/mol. The number of aryl methyl sites for hydroxylation is 2. The van der Waals surface area contributed by atoms with Crippen LogP contribution in [0.5, 0.6) is 0 Å². The van der Waals surface area contributed by atoms with Gasteiger partial charge >= 0.3 is 11.7 Å². The van der Waals surface area contributed by atoms with Crippen LogP contribution in [0, 0.1) is 19.8 Å². The molecule has 5 rings (SSSR count). The molecule has 4 aromatic rings. The highest BCUT2D eigenvalue weighted by atomic mass is 32.2. The summed E-state index contributed by atoms with van der Waals surface area (Å²) in [6, 6.07) is 16.7. The molecule has 0 radical (unpaired) electrons. The van der Waals surface area contributed by atoms with Gasteiger partial charge in [-0.2, -0.15) is 9.98 Å². The molecule has 1 aliphatic rings. The topological polar surface area (TPSA) is 86.2 Å². The Bertz CT molecular complexity index is 1730. The molecule has 8 nitrogen and oxygen atoms in total. The summed E-state index contributed by atoms with van der Waals surface area (Å²) in [7, 11) is 0. The molecule has 2 aromatic carbocycles. The normalized spacial score (nSPS) is 15.3. The van der Waals surface area contributed by atoms with Gasteiger partial charge in [0, 0.05) is 23.8 Å². The van der Waals surface area contributed by atoms with Crippen molar-refractivity contribution in [1.29, 1.82) is 0 Å². The molecule has 0 spiro atoms. The van der Waals surface area contributed by atoms with Crippen molar-refractivity contribution in [2.45, 2.75) is 32.3 Å². The fourth-order valence-electron chi connectivity index (χ4n) is 4.64. The Kier molecular flexibility index (Phi) is 7.51. The fraction of sp³-hybridized carbons (Fsp3) is 0.200. The van der Waals surface area contributed by atoms with E-state index in [1.165, 1.54) is 16.3 Å².